The maximum absolute atomic E-state index is 11.4. The largest absolute Gasteiger partial charge is 0.497 e. The molecule has 0 saturated heterocycles. The number of methoxy groups -OCH3 is 2. The van der Waals surface area contributed by atoms with Crippen molar-refractivity contribution in [2.75, 3.05) is 14.2 Å². The van der Waals surface area contributed by atoms with Crippen LogP contribution in [0.3, 0.4) is 0 Å². The van der Waals surface area contributed by atoms with Crippen LogP contribution in [0.2, 0.25) is 0 Å². The first-order valence-corrected chi connectivity index (χ1v) is 9.58. The minimum Gasteiger partial charge on any atom is -0.497 e. The normalized spacial score (nSPS) is 13.9. The van der Waals surface area contributed by atoms with Gasteiger partial charge in [-0.3, -0.25) is 0 Å². The molecule has 2 heterocycles. The number of sulfone groups is 1. The molecule has 0 radical (unpaired) electrons. The number of hydrogen-bond acceptors (Lipinski definition) is 5. The Morgan fingerprint density at radius 2 is 1.62 bits per heavy atom. The summed E-state index contributed by atoms with van der Waals surface area (Å²) in [6.45, 7) is 0. The molecule has 1 aromatic heterocycles. The Morgan fingerprint density at radius 3 is 2.38 bits per heavy atom. The lowest BCUT2D eigenvalue weighted by atomic mass is 10.2. The van der Waals surface area contributed by atoms with Crippen molar-refractivity contribution in [2.45, 2.75) is 4.90 Å². The van der Waals surface area contributed by atoms with E-state index < -0.39 is 9.84 Å². The van der Waals surface area contributed by atoms with Gasteiger partial charge in [0, 0.05) is 10.1 Å². The van der Waals surface area contributed by atoms with E-state index in [0.29, 0.717) is 10.6 Å². The molecule has 3 aromatic rings. The lowest BCUT2D eigenvalue weighted by Crippen LogP contribution is -1.94. The second-order valence-electron chi connectivity index (χ2n) is 5.08. The van der Waals surface area contributed by atoms with Crippen molar-refractivity contribution in [3.63, 3.8) is 0 Å². The van der Waals surface area contributed by atoms with Crippen LogP contribution in [0.1, 0.15) is 5.56 Å². The monoisotopic (exact) mass is 360 g/mol. The van der Waals surface area contributed by atoms with Crippen LogP contribution in [-0.2, 0) is 9.84 Å². The zero-order chi connectivity index (χ0) is 17.2. The first-order chi connectivity index (χ1) is 11.5. The molecule has 2 aromatic carbocycles. The lowest BCUT2D eigenvalue weighted by Gasteiger charge is -2.02. The SMILES string of the molecule is COc1ccc2c(c1)S(=O)(=O)C=C2.COc1ccc2ccsc2c1. The van der Waals surface area contributed by atoms with Crippen molar-refractivity contribution in [2.24, 2.45) is 0 Å². The van der Waals surface area contributed by atoms with Crippen LogP contribution in [0.25, 0.3) is 16.2 Å². The van der Waals surface area contributed by atoms with E-state index in [1.165, 1.54) is 28.7 Å². The third-order valence-corrected chi connectivity index (χ3v) is 5.96. The highest BCUT2D eigenvalue weighted by atomic mass is 32.2. The van der Waals surface area contributed by atoms with E-state index in [0.717, 1.165) is 11.3 Å². The summed E-state index contributed by atoms with van der Waals surface area (Å²) in [5.41, 5.74) is 0.723. The minimum atomic E-state index is -3.20. The van der Waals surface area contributed by atoms with Gasteiger partial charge in [0.2, 0.25) is 9.84 Å². The first-order valence-electron chi connectivity index (χ1n) is 7.16. The summed E-state index contributed by atoms with van der Waals surface area (Å²) < 4.78 is 34.1. The molecular weight excluding hydrogens is 344 g/mol. The predicted molar refractivity (Wildman–Crippen MR) is 97.6 cm³/mol. The molecule has 124 valence electrons. The fourth-order valence-corrected chi connectivity index (χ4v) is 4.36. The Labute approximate surface area is 144 Å². The van der Waals surface area contributed by atoms with Crippen molar-refractivity contribution in [3.05, 3.63) is 58.8 Å². The van der Waals surface area contributed by atoms with E-state index >= 15 is 0 Å². The van der Waals surface area contributed by atoms with Gasteiger partial charge in [-0.15, -0.1) is 11.3 Å². The van der Waals surface area contributed by atoms with Gasteiger partial charge >= 0.3 is 0 Å². The van der Waals surface area contributed by atoms with Crippen LogP contribution in [0.15, 0.2) is 58.1 Å². The molecule has 1 aliphatic rings. The number of benzene rings is 2. The molecule has 6 heteroatoms. The summed E-state index contributed by atoms with van der Waals surface area (Å²) in [7, 11) is 0.00115. The van der Waals surface area contributed by atoms with Crippen LogP contribution in [0, 0.1) is 0 Å². The molecule has 0 atom stereocenters. The number of hydrogen-bond donors (Lipinski definition) is 0. The Morgan fingerprint density at radius 1 is 0.917 bits per heavy atom. The number of ether oxygens (including phenoxy) is 2. The molecular formula is C18H16O4S2. The highest BCUT2D eigenvalue weighted by Crippen LogP contribution is 2.29. The molecule has 0 N–H and O–H groups in total. The molecule has 0 bridgehead atoms. The van der Waals surface area contributed by atoms with Gasteiger partial charge in [-0.05, 0) is 64.9 Å². The highest BCUT2D eigenvalue weighted by Gasteiger charge is 2.20. The molecule has 0 amide bonds. The standard InChI is InChI=1S/C9H8O3S.C9H8OS/c1-12-8-3-2-7-4-5-13(10,11)9(7)6-8;1-10-8-3-2-7-4-5-11-9(7)6-8/h2-6H,1H3;2-6H,1H3. The maximum atomic E-state index is 11.4. The quantitative estimate of drug-likeness (QED) is 0.681. The van der Waals surface area contributed by atoms with E-state index in [-0.39, 0.29) is 0 Å². The van der Waals surface area contributed by atoms with Crippen molar-refractivity contribution < 1.29 is 17.9 Å². The van der Waals surface area contributed by atoms with Gasteiger partial charge in [0.05, 0.1) is 19.1 Å². The van der Waals surface area contributed by atoms with Crippen molar-refractivity contribution >= 4 is 37.3 Å². The van der Waals surface area contributed by atoms with E-state index in [9.17, 15) is 8.42 Å². The topological polar surface area (TPSA) is 52.6 Å². The highest BCUT2D eigenvalue weighted by molar-refractivity contribution is 7.94. The van der Waals surface area contributed by atoms with E-state index in [2.05, 4.69) is 23.6 Å². The van der Waals surface area contributed by atoms with E-state index in [1.807, 2.05) is 6.07 Å². The summed E-state index contributed by atoms with van der Waals surface area (Å²) >= 11 is 1.74. The van der Waals surface area contributed by atoms with Gasteiger partial charge in [-0.25, -0.2) is 8.42 Å². The average Bonchev–Trinajstić information content (AvgIpc) is 3.19. The molecule has 1 aliphatic heterocycles. The number of thiophene rings is 1. The molecule has 0 aliphatic carbocycles. The lowest BCUT2D eigenvalue weighted by molar-refractivity contribution is 0.413. The minimum absolute atomic E-state index is 0.326. The van der Waals surface area contributed by atoms with Crippen LogP contribution in [0.4, 0.5) is 0 Å². The number of rotatable bonds is 2. The van der Waals surface area contributed by atoms with E-state index in [1.54, 1.807) is 36.7 Å². The van der Waals surface area contributed by atoms with Crippen LogP contribution < -0.4 is 9.47 Å². The Kier molecular flexibility index (Phi) is 4.59. The zero-order valence-electron chi connectivity index (χ0n) is 13.2. The van der Waals surface area contributed by atoms with Gasteiger partial charge in [0.1, 0.15) is 11.5 Å². The zero-order valence-corrected chi connectivity index (χ0v) is 14.9. The summed E-state index contributed by atoms with van der Waals surface area (Å²) in [6.07, 6.45) is 1.59. The predicted octanol–water partition coefficient (Wildman–Crippen LogP) is 4.36. The Balaban J connectivity index is 0.000000143. The van der Waals surface area contributed by atoms with E-state index in [4.69, 9.17) is 9.47 Å². The van der Waals surface area contributed by atoms with Crippen LogP contribution >= 0.6 is 11.3 Å². The van der Waals surface area contributed by atoms with Gasteiger partial charge in [-0.1, -0.05) is 0 Å². The Bertz CT molecular complexity index is 1000. The average molecular weight is 360 g/mol. The maximum Gasteiger partial charge on any atom is 0.200 e. The molecule has 0 spiro atoms. The van der Waals surface area contributed by atoms with Gasteiger partial charge in [0.25, 0.3) is 0 Å². The molecule has 0 fully saturated rings. The van der Waals surface area contributed by atoms with Gasteiger partial charge < -0.3 is 9.47 Å². The van der Waals surface area contributed by atoms with Crippen LogP contribution in [0.5, 0.6) is 11.5 Å². The summed E-state index contributed by atoms with van der Waals surface area (Å²) in [4.78, 5) is 0.326. The smallest absolute Gasteiger partial charge is 0.200 e. The molecule has 0 saturated carbocycles. The van der Waals surface area contributed by atoms with Gasteiger partial charge in [0.15, 0.2) is 0 Å². The van der Waals surface area contributed by atoms with Crippen molar-refractivity contribution in [1.29, 1.82) is 0 Å². The molecule has 0 unspecified atom stereocenters. The summed E-state index contributed by atoms with van der Waals surface area (Å²) in [5, 5.41) is 4.58. The molecule has 4 rings (SSSR count). The molecule has 24 heavy (non-hydrogen) atoms. The van der Waals surface area contributed by atoms with Crippen LogP contribution in [-0.4, -0.2) is 22.6 Å². The second kappa shape index (κ2) is 6.67. The van der Waals surface area contributed by atoms with Gasteiger partial charge in [-0.2, -0.15) is 0 Å². The third kappa shape index (κ3) is 3.29. The fraction of sp³-hybridized carbons (Fsp3) is 0.111. The van der Waals surface area contributed by atoms with Crippen molar-refractivity contribution in [1.82, 2.24) is 0 Å². The second-order valence-corrected chi connectivity index (χ2v) is 7.83. The molecule has 4 nitrogen and oxygen atoms in total. The first kappa shape index (κ1) is 16.5. The van der Waals surface area contributed by atoms with Crippen molar-refractivity contribution in [3.8, 4) is 11.5 Å². The summed E-state index contributed by atoms with van der Waals surface area (Å²) in [6, 6.07) is 13.2. The number of fused-ring (bicyclic) bond motifs is 2. The fourth-order valence-electron chi connectivity index (χ4n) is 2.32. The Hall–Kier alpha value is -2.31. The summed E-state index contributed by atoms with van der Waals surface area (Å²) in [5.74, 6) is 1.49. The third-order valence-electron chi connectivity index (χ3n) is 3.62.